The fourth-order valence-corrected chi connectivity index (χ4v) is 1.13. The quantitative estimate of drug-likeness (QED) is 0.725. The number of rotatable bonds is 5. The van der Waals surface area contributed by atoms with Gasteiger partial charge in [0.05, 0.1) is 0 Å². The summed E-state index contributed by atoms with van der Waals surface area (Å²) in [6, 6.07) is 7.79. The lowest BCUT2D eigenvalue weighted by molar-refractivity contribution is -0.156. The van der Waals surface area contributed by atoms with E-state index in [4.69, 9.17) is 0 Å². The van der Waals surface area contributed by atoms with Crippen molar-refractivity contribution in [2.24, 2.45) is 0 Å². The van der Waals surface area contributed by atoms with Gasteiger partial charge in [0, 0.05) is 6.42 Å². The summed E-state index contributed by atoms with van der Waals surface area (Å²) in [6.07, 6.45) is -0.584. The van der Waals surface area contributed by atoms with E-state index in [0.717, 1.165) is 0 Å². The molecule has 0 aromatic heterocycles. The van der Waals surface area contributed by atoms with Crippen LogP contribution < -0.4 is 0 Å². The van der Waals surface area contributed by atoms with E-state index in [1.165, 1.54) is 12.1 Å². The molecule has 0 amide bonds. The molecule has 1 aromatic carbocycles. The minimum atomic E-state index is -4.23. The highest BCUT2D eigenvalue weighted by atomic mass is 19.3. The molecule has 0 aliphatic rings. The van der Waals surface area contributed by atoms with E-state index in [1.54, 1.807) is 18.2 Å². The van der Waals surface area contributed by atoms with Gasteiger partial charge in [0.15, 0.2) is 6.67 Å². The molecule has 1 aromatic rings. The minimum absolute atomic E-state index is 0.360. The van der Waals surface area contributed by atoms with E-state index in [9.17, 15) is 22.8 Å². The molecule has 0 aliphatic heterocycles. The number of carbonyl (C=O) groups is 2. The number of hydrogen-bond donors (Lipinski definition) is 0. The van der Waals surface area contributed by atoms with Crippen LogP contribution in [0.15, 0.2) is 30.3 Å². The zero-order valence-electron chi connectivity index (χ0n) is 8.25. The molecular formula is C11H9F3O2. The second kappa shape index (κ2) is 4.92. The van der Waals surface area contributed by atoms with Crippen LogP contribution in [0.5, 0.6) is 0 Å². The Labute approximate surface area is 90.1 Å². The first-order valence-corrected chi connectivity index (χ1v) is 4.52. The van der Waals surface area contributed by atoms with Gasteiger partial charge in [-0.1, -0.05) is 30.3 Å². The molecule has 0 fully saturated rings. The summed E-state index contributed by atoms with van der Waals surface area (Å²) in [7, 11) is 0. The van der Waals surface area contributed by atoms with Crippen molar-refractivity contribution in [3.8, 4) is 0 Å². The second-order valence-electron chi connectivity index (χ2n) is 3.22. The fraction of sp³-hybridized carbons (Fsp3) is 0.273. The van der Waals surface area contributed by atoms with Crippen molar-refractivity contribution in [3.05, 3.63) is 35.9 Å². The fourth-order valence-electron chi connectivity index (χ4n) is 1.13. The van der Waals surface area contributed by atoms with Gasteiger partial charge in [-0.15, -0.1) is 0 Å². The first kappa shape index (κ1) is 12.4. The lowest BCUT2D eigenvalue weighted by Gasteiger charge is -2.11. The Morgan fingerprint density at radius 2 is 1.62 bits per heavy atom. The largest absolute Gasteiger partial charge is 0.365 e. The summed E-state index contributed by atoms with van der Waals surface area (Å²) in [5.41, 5.74) is 0.360. The molecule has 0 aliphatic carbocycles. The summed E-state index contributed by atoms with van der Waals surface area (Å²) in [6.45, 7) is -1.84. The molecular weight excluding hydrogens is 221 g/mol. The molecule has 0 unspecified atom stereocenters. The van der Waals surface area contributed by atoms with Crippen LogP contribution in [0.25, 0.3) is 0 Å². The molecule has 2 nitrogen and oxygen atoms in total. The Morgan fingerprint density at radius 1 is 1.06 bits per heavy atom. The molecule has 0 N–H and O–H groups in total. The van der Waals surface area contributed by atoms with Crippen LogP contribution >= 0.6 is 0 Å². The van der Waals surface area contributed by atoms with Gasteiger partial charge in [0.1, 0.15) is 0 Å². The van der Waals surface area contributed by atoms with E-state index < -0.39 is 30.6 Å². The lowest BCUT2D eigenvalue weighted by atomic mass is 10.0. The van der Waals surface area contributed by atoms with Gasteiger partial charge < -0.3 is 0 Å². The van der Waals surface area contributed by atoms with Crippen molar-refractivity contribution in [2.75, 3.05) is 6.67 Å². The molecule has 86 valence electrons. The molecule has 0 saturated carbocycles. The number of benzene rings is 1. The number of alkyl halides is 3. The smallest absolute Gasteiger partial charge is 0.292 e. The summed E-state index contributed by atoms with van der Waals surface area (Å²) < 4.78 is 37.7. The van der Waals surface area contributed by atoms with Crippen molar-refractivity contribution in [2.45, 2.75) is 12.3 Å². The molecule has 0 saturated heterocycles. The third kappa shape index (κ3) is 2.68. The van der Waals surface area contributed by atoms with Crippen LogP contribution in [-0.2, 0) is 16.0 Å². The van der Waals surface area contributed by atoms with E-state index in [1.807, 2.05) is 0 Å². The number of carbonyl (C=O) groups excluding carboxylic acids is 2. The van der Waals surface area contributed by atoms with Gasteiger partial charge in [0.2, 0.25) is 11.6 Å². The summed E-state index contributed by atoms with van der Waals surface area (Å²) >= 11 is 0. The molecule has 0 spiro atoms. The Bertz CT molecular complexity index is 387. The van der Waals surface area contributed by atoms with Crippen LogP contribution in [0, 0.1) is 0 Å². The minimum Gasteiger partial charge on any atom is -0.292 e. The highest BCUT2D eigenvalue weighted by Crippen LogP contribution is 2.19. The highest BCUT2D eigenvalue weighted by molar-refractivity contribution is 6.09. The molecule has 5 heteroatoms. The average molecular weight is 230 g/mol. The van der Waals surface area contributed by atoms with Crippen LogP contribution in [0.2, 0.25) is 0 Å². The Hall–Kier alpha value is -1.65. The van der Waals surface area contributed by atoms with E-state index in [2.05, 4.69) is 0 Å². The van der Waals surface area contributed by atoms with Crippen LogP contribution in [0.3, 0.4) is 0 Å². The zero-order chi connectivity index (χ0) is 12.2. The Morgan fingerprint density at radius 3 is 2.12 bits per heavy atom. The van der Waals surface area contributed by atoms with Crippen LogP contribution in [-0.4, -0.2) is 24.2 Å². The second-order valence-corrected chi connectivity index (χ2v) is 3.22. The molecule has 0 heterocycles. The first-order chi connectivity index (χ1) is 7.48. The summed E-state index contributed by atoms with van der Waals surface area (Å²) in [4.78, 5) is 21.6. The standard InChI is InChI=1S/C11H9F3O2/c12-7-10(16)11(13,14)9(15)6-8-4-2-1-3-5-8/h1-5H,6-7H2. The Kier molecular flexibility index (Phi) is 3.82. The van der Waals surface area contributed by atoms with Crippen molar-refractivity contribution in [1.82, 2.24) is 0 Å². The maximum atomic E-state index is 13.0. The van der Waals surface area contributed by atoms with E-state index in [-0.39, 0.29) is 0 Å². The normalized spacial score (nSPS) is 11.2. The lowest BCUT2D eigenvalue weighted by Crippen LogP contribution is -2.40. The molecule has 0 radical (unpaired) electrons. The van der Waals surface area contributed by atoms with Gasteiger partial charge in [-0.25, -0.2) is 4.39 Å². The Balaban J connectivity index is 2.76. The number of hydrogen-bond acceptors (Lipinski definition) is 2. The summed E-state index contributed by atoms with van der Waals surface area (Å²) in [5, 5.41) is 0. The molecule has 1 rings (SSSR count). The number of halogens is 3. The molecule has 16 heavy (non-hydrogen) atoms. The third-order valence-electron chi connectivity index (χ3n) is 2.03. The van der Waals surface area contributed by atoms with Gasteiger partial charge in [-0.2, -0.15) is 8.78 Å². The predicted octanol–water partition coefficient (Wildman–Crippen LogP) is 1.97. The van der Waals surface area contributed by atoms with Crippen molar-refractivity contribution < 1.29 is 22.8 Å². The zero-order valence-corrected chi connectivity index (χ0v) is 8.25. The first-order valence-electron chi connectivity index (χ1n) is 4.52. The van der Waals surface area contributed by atoms with Gasteiger partial charge in [-0.05, 0) is 5.56 Å². The molecule has 0 atom stereocenters. The SMILES string of the molecule is O=C(CF)C(F)(F)C(=O)Cc1ccccc1. The van der Waals surface area contributed by atoms with E-state index in [0.29, 0.717) is 5.56 Å². The topological polar surface area (TPSA) is 34.1 Å². The van der Waals surface area contributed by atoms with Crippen molar-refractivity contribution in [1.29, 1.82) is 0 Å². The number of Topliss-reactive ketones (excluding diaryl/α,β-unsaturated/α-hetero) is 2. The average Bonchev–Trinajstić information content (AvgIpc) is 2.29. The van der Waals surface area contributed by atoms with Gasteiger partial charge in [-0.3, -0.25) is 9.59 Å². The highest BCUT2D eigenvalue weighted by Gasteiger charge is 2.45. The maximum absolute atomic E-state index is 13.0. The summed E-state index contributed by atoms with van der Waals surface area (Å²) in [5.74, 6) is -7.81. The maximum Gasteiger partial charge on any atom is 0.365 e. The van der Waals surface area contributed by atoms with Gasteiger partial charge >= 0.3 is 5.92 Å². The predicted molar refractivity (Wildman–Crippen MR) is 51.1 cm³/mol. The van der Waals surface area contributed by atoms with Gasteiger partial charge in [0.25, 0.3) is 0 Å². The number of ketones is 2. The third-order valence-corrected chi connectivity index (χ3v) is 2.03. The van der Waals surface area contributed by atoms with Crippen molar-refractivity contribution >= 4 is 11.6 Å². The van der Waals surface area contributed by atoms with Crippen LogP contribution in [0.1, 0.15) is 5.56 Å². The van der Waals surface area contributed by atoms with E-state index >= 15 is 0 Å². The monoisotopic (exact) mass is 230 g/mol. The van der Waals surface area contributed by atoms with Crippen molar-refractivity contribution in [3.63, 3.8) is 0 Å². The van der Waals surface area contributed by atoms with Crippen LogP contribution in [0.4, 0.5) is 13.2 Å². The molecule has 0 bridgehead atoms.